The average molecular weight is 399 g/mol. The minimum atomic E-state index is -3.76. The zero-order valence-corrected chi connectivity index (χ0v) is 16.4. The molecule has 1 saturated carbocycles. The Balaban J connectivity index is 2.11. The van der Waals surface area contributed by atoms with Crippen molar-refractivity contribution in [1.82, 2.24) is 10.0 Å². The number of urea groups is 1. The fraction of sp³-hybridized carbons (Fsp3) is 0.529. The van der Waals surface area contributed by atoms with E-state index in [2.05, 4.69) is 15.4 Å². The molecular weight excluding hydrogens is 374 g/mol. The minimum Gasteiger partial charge on any atom is -0.495 e. The molecule has 0 aliphatic heterocycles. The molecule has 9 nitrogen and oxygen atoms in total. The maximum Gasteiger partial charge on any atom is 0.319 e. The Morgan fingerprint density at radius 1 is 1.30 bits per heavy atom. The molecule has 1 aliphatic rings. The maximum atomic E-state index is 12.5. The van der Waals surface area contributed by atoms with Crippen LogP contribution < -0.4 is 20.1 Å². The van der Waals surface area contributed by atoms with E-state index in [9.17, 15) is 18.0 Å². The van der Waals surface area contributed by atoms with Crippen LogP contribution in [0.15, 0.2) is 23.1 Å². The lowest BCUT2D eigenvalue weighted by molar-refractivity contribution is -0.137. The highest BCUT2D eigenvalue weighted by Crippen LogP contribution is 2.29. The topological polar surface area (TPSA) is 134 Å². The molecule has 0 heterocycles. The summed E-state index contributed by atoms with van der Waals surface area (Å²) < 4.78 is 32.7. The van der Waals surface area contributed by atoms with E-state index in [-0.39, 0.29) is 35.2 Å². The smallest absolute Gasteiger partial charge is 0.319 e. The predicted octanol–water partition coefficient (Wildman–Crippen LogP) is 1.90. The van der Waals surface area contributed by atoms with E-state index in [1.54, 1.807) is 13.8 Å². The molecule has 0 aromatic heterocycles. The highest BCUT2D eigenvalue weighted by molar-refractivity contribution is 7.89. The zero-order chi connectivity index (χ0) is 20.2. The minimum absolute atomic E-state index is 0.0557. The molecule has 150 valence electrons. The summed E-state index contributed by atoms with van der Waals surface area (Å²) >= 11 is 0. The molecule has 1 aromatic carbocycles. The molecule has 1 fully saturated rings. The second kappa shape index (κ2) is 8.13. The molecule has 0 radical (unpaired) electrons. The molecule has 2 amide bonds. The van der Waals surface area contributed by atoms with Crippen molar-refractivity contribution in [3.8, 4) is 5.75 Å². The van der Waals surface area contributed by atoms with Crippen LogP contribution in [-0.2, 0) is 14.8 Å². The maximum absolute atomic E-state index is 12.5. The van der Waals surface area contributed by atoms with E-state index in [1.807, 2.05) is 0 Å². The van der Waals surface area contributed by atoms with Gasteiger partial charge in [0.15, 0.2) is 0 Å². The van der Waals surface area contributed by atoms with E-state index < -0.39 is 27.6 Å². The van der Waals surface area contributed by atoms with E-state index in [0.29, 0.717) is 0 Å². The van der Waals surface area contributed by atoms with Gasteiger partial charge in [0.2, 0.25) is 10.0 Å². The number of hydrogen-bond acceptors (Lipinski definition) is 5. The number of methoxy groups -OCH3 is 1. The Morgan fingerprint density at radius 2 is 1.96 bits per heavy atom. The zero-order valence-electron chi connectivity index (χ0n) is 15.5. The third-order valence-corrected chi connectivity index (χ3v) is 5.57. The summed E-state index contributed by atoms with van der Waals surface area (Å²) in [4.78, 5) is 22.8. The number of carbonyl (C=O) groups is 2. The van der Waals surface area contributed by atoms with Gasteiger partial charge in [-0.2, -0.15) is 0 Å². The van der Waals surface area contributed by atoms with Gasteiger partial charge in [-0.1, -0.05) is 0 Å². The quantitative estimate of drug-likeness (QED) is 0.501. The average Bonchev–Trinajstić information content (AvgIpc) is 3.35. The number of ether oxygens (including phenoxy) is 1. The van der Waals surface area contributed by atoms with E-state index in [1.165, 1.54) is 25.3 Å². The first kappa shape index (κ1) is 21.0. The van der Waals surface area contributed by atoms with Crippen LogP contribution in [0, 0.1) is 0 Å². The number of sulfonamides is 1. The number of aliphatic carboxylic acids is 1. The molecule has 27 heavy (non-hydrogen) atoms. The molecule has 10 heteroatoms. The number of anilines is 1. The first-order valence-electron chi connectivity index (χ1n) is 8.54. The second-order valence-electron chi connectivity index (χ2n) is 7.12. The number of benzene rings is 1. The third-order valence-electron chi connectivity index (χ3n) is 4.03. The molecule has 0 saturated heterocycles. The van der Waals surface area contributed by atoms with Crippen LogP contribution in [0.2, 0.25) is 0 Å². The van der Waals surface area contributed by atoms with Crippen molar-refractivity contribution in [2.75, 3.05) is 12.4 Å². The molecule has 0 atom stereocenters. The van der Waals surface area contributed by atoms with E-state index in [4.69, 9.17) is 9.84 Å². The first-order chi connectivity index (χ1) is 12.5. The molecule has 4 N–H and O–H groups in total. The van der Waals surface area contributed by atoms with Crippen LogP contribution in [0.3, 0.4) is 0 Å². The number of hydrogen-bond donors (Lipinski definition) is 4. The van der Waals surface area contributed by atoms with Gasteiger partial charge in [-0.05, 0) is 51.3 Å². The van der Waals surface area contributed by atoms with Crippen LogP contribution >= 0.6 is 0 Å². The van der Waals surface area contributed by atoms with Crippen LogP contribution in [0.25, 0.3) is 0 Å². The SMILES string of the molecule is COc1ccc(NC(=O)NC(C)(C)CCC(=O)O)cc1S(=O)(=O)NC1CC1. The first-order valence-corrected chi connectivity index (χ1v) is 10.0. The number of rotatable bonds is 9. The van der Waals surface area contributed by atoms with Crippen LogP contribution in [0.1, 0.15) is 39.5 Å². The summed E-state index contributed by atoms with van der Waals surface area (Å²) in [5.41, 5.74) is -0.462. The van der Waals surface area contributed by atoms with Gasteiger partial charge in [0, 0.05) is 23.7 Å². The van der Waals surface area contributed by atoms with Gasteiger partial charge >= 0.3 is 12.0 Å². The highest BCUT2D eigenvalue weighted by Gasteiger charge is 2.30. The van der Waals surface area contributed by atoms with Crippen molar-refractivity contribution in [2.45, 2.75) is 56.0 Å². The third kappa shape index (κ3) is 6.40. The number of amides is 2. The summed E-state index contributed by atoms with van der Waals surface area (Å²) in [6.07, 6.45) is 1.77. The van der Waals surface area contributed by atoms with Gasteiger partial charge in [0.05, 0.1) is 7.11 Å². The lowest BCUT2D eigenvalue weighted by Crippen LogP contribution is -2.45. The highest BCUT2D eigenvalue weighted by atomic mass is 32.2. The van der Waals surface area contributed by atoms with Crippen molar-refractivity contribution in [2.24, 2.45) is 0 Å². The Hall–Kier alpha value is -2.33. The van der Waals surface area contributed by atoms with Gasteiger partial charge in [0.25, 0.3) is 0 Å². The molecule has 1 aromatic rings. The molecule has 2 rings (SSSR count). The number of carboxylic acid groups (broad SMARTS) is 1. The molecule has 0 unspecified atom stereocenters. The van der Waals surface area contributed by atoms with Crippen molar-refractivity contribution in [3.05, 3.63) is 18.2 Å². The summed E-state index contributed by atoms with van der Waals surface area (Å²) in [6.45, 7) is 3.41. The number of carbonyl (C=O) groups excluding carboxylic acids is 1. The summed E-state index contributed by atoms with van der Waals surface area (Å²) in [6, 6.07) is 3.70. The van der Waals surface area contributed by atoms with E-state index in [0.717, 1.165) is 12.8 Å². The monoisotopic (exact) mass is 399 g/mol. The standard InChI is InChI=1S/C17H25N3O6S/c1-17(2,9-8-15(21)22)19-16(23)18-12-6-7-13(26-3)14(10-12)27(24,25)20-11-4-5-11/h6-7,10-11,20H,4-5,8-9H2,1-3H3,(H,21,22)(H2,18,19,23). The lowest BCUT2D eigenvalue weighted by Gasteiger charge is -2.25. The molecule has 0 spiro atoms. The molecule has 1 aliphatic carbocycles. The summed E-state index contributed by atoms with van der Waals surface area (Å²) in [5.74, 6) is -0.769. The van der Waals surface area contributed by atoms with Gasteiger partial charge in [-0.25, -0.2) is 17.9 Å². The van der Waals surface area contributed by atoms with Crippen LogP contribution in [0.5, 0.6) is 5.75 Å². The Bertz CT molecular complexity index is 818. The van der Waals surface area contributed by atoms with Gasteiger partial charge < -0.3 is 20.5 Å². The lowest BCUT2D eigenvalue weighted by atomic mass is 9.99. The van der Waals surface area contributed by atoms with Gasteiger partial charge in [0.1, 0.15) is 10.6 Å². The fourth-order valence-corrected chi connectivity index (χ4v) is 3.90. The second-order valence-corrected chi connectivity index (χ2v) is 8.80. The normalized spacial score (nSPS) is 14.5. The van der Waals surface area contributed by atoms with Crippen molar-refractivity contribution in [1.29, 1.82) is 0 Å². The Morgan fingerprint density at radius 3 is 2.52 bits per heavy atom. The Kier molecular flexibility index (Phi) is 6.32. The summed E-state index contributed by atoms with van der Waals surface area (Å²) in [7, 11) is -2.39. The fourth-order valence-electron chi connectivity index (χ4n) is 2.40. The predicted molar refractivity (Wildman–Crippen MR) is 99.4 cm³/mol. The van der Waals surface area contributed by atoms with Gasteiger partial charge in [-0.15, -0.1) is 0 Å². The van der Waals surface area contributed by atoms with Crippen LogP contribution in [-0.4, -0.2) is 44.2 Å². The summed E-state index contributed by atoms with van der Waals surface area (Å²) in [5, 5.41) is 14.0. The van der Waals surface area contributed by atoms with Crippen molar-refractivity contribution in [3.63, 3.8) is 0 Å². The molecule has 0 bridgehead atoms. The van der Waals surface area contributed by atoms with E-state index >= 15 is 0 Å². The van der Waals surface area contributed by atoms with Crippen molar-refractivity contribution < 1.29 is 27.9 Å². The van der Waals surface area contributed by atoms with Crippen molar-refractivity contribution >= 4 is 27.7 Å². The largest absolute Gasteiger partial charge is 0.495 e. The molecular formula is C17H25N3O6S. The Labute approximate surface area is 158 Å². The number of nitrogens with one attached hydrogen (secondary N) is 3. The van der Waals surface area contributed by atoms with Gasteiger partial charge in [-0.3, -0.25) is 4.79 Å². The number of carboxylic acids is 1. The van der Waals surface area contributed by atoms with Crippen LogP contribution in [0.4, 0.5) is 10.5 Å².